The number of carbonyl (C=O) groups is 1. The van der Waals surface area contributed by atoms with Gasteiger partial charge in [0, 0.05) is 17.0 Å². The molecule has 0 spiro atoms. The predicted molar refractivity (Wildman–Crippen MR) is 104 cm³/mol. The highest BCUT2D eigenvalue weighted by Gasteiger charge is 2.08. The number of fused-ring (bicyclic) bond motifs is 1. The number of aromatic amines is 1. The van der Waals surface area contributed by atoms with E-state index in [2.05, 4.69) is 25.5 Å². The van der Waals surface area contributed by atoms with Crippen LogP contribution in [0.1, 0.15) is 15.9 Å². The van der Waals surface area contributed by atoms with Gasteiger partial charge >= 0.3 is 0 Å². The van der Waals surface area contributed by atoms with E-state index in [4.69, 9.17) is 0 Å². The molecule has 8 heteroatoms. The highest BCUT2D eigenvalue weighted by Crippen LogP contribution is 2.27. The zero-order valence-electron chi connectivity index (χ0n) is 14.1. The van der Waals surface area contributed by atoms with Gasteiger partial charge in [0.1, 0.15) is 17.1 Å². The van der Waals surface area contributed by atoms with Gasteiger partial charge in [-0.3, -0.25) is 9.89 Å². The summed E-state index contributed by atoms with van der Waals surface area (Å²) in [5.74, 6) is 0.595. The Morgan fingerprint density at radius 1 is 1.15 bits per heavy atom. The molecule has 0 saturated carbocycles. The molecule has 0 unspecified atom stereocenters. The maximum atomic E-state index is 12.3. The Labute approximate surface area is 158 Å². The summed E-state index contributed by atoms with van der Waals surface area (Å²) >= 11 is 1.58. The predicted octanol–water partition coefficient (Wildman–Crippen LogP) is 3.60. The number of thioether (sulfide) groups is 1. The lowest BCUT2D eigenvalue weighted by Crippen LogP contribution is -2.11. The van der Waals surface area contributed by atoms with Crippen molar-refractivity contribution in [1.29, 1.82) is 0 Å². The van der Waals surface area contributed by atoms with E-state index in [1.54, 1.807) is 30.1 Å². The number of rotatable bonds is 5. The van der Waals surface area contributed by atoms with Gasteiger partial charge < -0.3 is 10.4 Å². The largest absolute Gasteiger partial charge is 0.508 e. The lowest BCUT2D eigenvalue weighted by molar-refractivity contribution is 0.102. The maximum absolute atomic E-state index is 12.3. The quantitative estimate of drug-likeness (QED) is 0.363. The molecule has 0 aliphatic carbocycles. The molecule has 2 aromatic heterocycles. The number of aromatic hydroxyl groups is 1. The monoisotopic (exact) mass is 377 g/mol. The second-order valence-electron chi connectivity index (χ2n) is 5.80. The number of H-pyrrole nitrogens is 1. The second kappa shape index (κ2) is 7.46. The minimum Gasteiger partial charge on any atom is -0.508 e. The minimum absolute atomic E-state index is 0.127. The topological polar surface area (TPSA) is 104 Å². The van der Waals surface area contributed by atoms with Crippen LogP contribution >= 0.6 is 11.8 Å². The number of aromatic nitrogens is 4. The van der Waals surface area contributed by atoms with Gasteiger partial charge in [0.25, 0.3) is 5.91 Å². The summed E-state index contributed by atoms with van der Waals surface area (Å²) < 4.78 is 0. The first-order chi connectivity index (χ1) is 13.2. The molecule has 0 atom stereocenters. The number of phenols is 1. The molecule has 0 fully saturated rings. The molecule has 2 heterocycles. The fourth-order valence-electron chi connectivity index (χ4n) is 2.56. The SMILES string of the molecule is O=C(Nc1cccc(CSc2ncnc3[nH]ncc23)c1)c1ccc(O)cc1. The van der Waals surface area contributed by atoms with Crippen molar-refractivity contribution in [1.82, 2.24) is 20.2 Å². The van der Waals surface area contributed by atoms with Crippen LogP contribution in [0.4, 0.5) is 5.69 Å². The summed E-state index contributed by atoms with van der Waals surface area (Å²) in [6, 6.07) is 13.8. The number of hydrogen-bond donors (Lipinski definition) is 3. The van der Waals surface area contributed by atoms with Gasteiger partial charge in [-0.15, -0.1) is 11.8 Å². The highest BCUT2D eigenvalue weighted by atomic mass is 32.2. The Morgan fingerprint density at radius 3 is 2.85 bits per heavy atom. The number of amides is 1. The first-order valence-corrected chi connectivity index (χ1v) is 9.14. The summed E-state index contributed by atoms with van der Waals surface area (Å²) in [5.41, 5.74) is 2.96. The number of nitrogens with zero attached hydrogens (tertiary/aromatic N) is 3. The number of nitrogens with one attached hydrogen (secondary N) is 2. The Hall–Kier alpha value is -3.39. The number of benzene rings is 2. The summed E-state index contributed by atoms with van der Waals surface area (Å²) in [5, 5.41) is 20.8. The number of hydrogen-bond acceptors (Lipinski definition) is 6. The molecule has 0 aliphatic rings. The normalized spacial score (nSPS) is 10.8. The van der Waals surface area contributed by atoms with E-state index >= 15 is 0 Å². The molecule has 0 radical (unpaired) electrons. The maximum Gasteiger partial charge on any atom is 0.255 e. The number of carbonyl (C=O) groups excluding carboxylic acids is 1. The fraction of sp³-hybridized carbons (Fsp3) is 0.0526. The van der Waals surface area contributed by atoms with E-state index in [0.29, 0.717) is 22.7 Å². The van der Waals surface area contributed by atoms with Crippen molar-refractivity contribution in [3.8, 4) is 5.75 Å². The van der Waals surface area contributed by atoms with Crippen molar-refractivity contribution >= 4 is 34.4 Å². The molecule has 2 aromatic carbocycles. The molecular formula is C19H15N5O2S. The summed E-state index contributed by atoms with van der Waals surface area (Å²) in [7, 11) is 0. The van der Waals surface area contributed by atoms with Crippen molar-refractivity contribution in [3.63, 3.8) is 0 Å². The molecule has 27 heavy (non-hydrogen) atoms. The molecule has 134 valence electrons. The van der Waals surface area contributed by atoms with Crippen LogP contribution in [0.5, 0.6) is 5.75 Å². The summed E-state index contributed by atoms with van der Waals surface area (Å²) in [4.78, 5) is 20.8. The molecule has 1 amide bonds. The Bertz CT molecular complexity index is 1090. The van der Waals surface area contributed by atoms with Crippen molar-refractivity contribution in [2.75, 3.05) is 5.32 Å². The van der Waals surface area contributed by atoms with Crippen LogP contribution in [0.3, 0.4) is 0 Å². The molecule has 4 aromatic rings. The zero-order chi connectivity index (χ0) is 18.6. The van der Waals surface area contributed by atoms with Crippen molar-refractivity contribution in [3.05, 3.63) is 72.2 Å². The van der Waals surface area contributed by atoms with Gasteiger partial charge in [0.2, 0.25) is 0 Å². The average Bonchev–Trinajstić information content (AvgIpc) is 3.16. The van der Waals surface area contributed by atoms with E-state index in [1.807, 2.05) is 24.3 Å². The van der Waals surface area contributed by atoms with Crippen LogP contribution < -0.4 is 5.32 Å². The van der Waals surface area contributed by atoms with Gasteiger partial charge in [-0.1, -0.05) is 12.1 Å². The Balaban J connectivity index is 1.45. The van der Waals surface area contributed by atoms with Gasteiger partial charge in [-0.25, -0.2) is 9.97 Å². The smallest absolute Gasteiger partial charge is 0.255 e. The van der Waals surface area contributed by atoms with E-state index in [9.17, 15) is 9.90 Å². The fourth-order valence-corrected chi connectivity index (χ4v) is 3.47. The lowest BCUT2D eigenvalue weighted by atomic mass is 10.2. The van der Waals surface area contributed by atoms with E-state index < -0.39 is 0 Å². The van der Waals surface area contributed by atoms with Crippen LogP contribution in [0.25, 0.3) is 11.0 Å². The standard InChI is InChI=1S/C19H15N5O2S/c25-15-6-4-13(5-7-15)18(26)23-14-3-1-2-12(8-14)10-27-19-16-9-22-24-17(16)20-11-21-19/h1-9,11,25H,10H2,(H,23,26)(H,20,21,22,24). The van der Waals surface area contributed by atoms with Crippen LogP contribution in [0.15, 0.2) is 66.1 Å². The highest BCUT2D eigenvalue weighted by molar-refractivity contribution is 7.98. The summed E-state index contributed by atoms with van der Waals surface area (Å²) in [6.07, 6.45) is 3.23. The van der Waals surface area contributed by atoms with Gasteiger partial charge in [-0.2, -0.15) is 5.10 Å². The third-order valence-corrected chi connectivity index (χ3v) is 4.98. The van der Waals surface area contributed by atoms with Crippen LogP contribution in [0, 0.1) is 0 Å². The van der Waals surface area contributed by atoms with E-state index in [0.717, 1.165) is 16.0 Å². The molecule has 3 N–H and O–H groups in total. The Kier molecular flexibility index (Phi) is 4.71. The van der Waals surface area contributed by atoms with E-state index in [1.165, 1.54) is 18.5 Å². The van der Waals surface area contributed by atoms with Crippen LogP contribution in [-0.4, -0.2) is 31.2 Å². The molecule has 7 nitrogen and oxygen atoms in total. The van der Waals surface area contributed by atoms with Gasteiger partial charge in [-0.05, 0) is 42.0 Å². The van der Waals surface area contributed by atoms with Crippen molar-refractivity contribution in [2.24, 2.45) is 0 Å². The molecular weight excluding hydrogens is 362 g/mol. The Morgan fingerprint density at radius 2 is 2.00 bits per heavy atom. The average molecular weight is 377 g/mol. The number of anilines is 1. The second-order valence-corrected chi connectivity index (χ2v) is 6.77. The molecule has 0 bridgehead atoms. The lowest BCUT2D eigenvalue weighted by Gasteiger charge is -2.08. The molecule has 4 rings (SSSR count). The first kappa shape index (κ1) is 17.0. The third-order valence-electron chi connectivity index (χ3n) is 3.90. The van der Waals surface area contributed by atoms with Crippen LogP contribution in [0.2, 0.25) is 0 Å². The van der Waals surface area contributed by atoms with Crippen LogP contribution in [-0.2, 0) is 5.75 Å². The molecule has 0 saturated heterocycles. The zero-order valence-corrected chi connectivity index (χ0v) is 14.9. The van der Waals surface area contributed by atoms with E-state index in [-0.39, 0.29) is 11.7 Å². The minimum atomic E-state index is -0.226. The van der Waals surface area contributed by atoms with Gasteiger partial charge in [0.05, 0.1) is 11.6 Å². The van der Waals surface area contributed by atoms with Gasteiger partial charge in [0.15, 0.2) is 5.65 Å². The van der Waals surface area contributed by atoms with Crippen molar-refractivity contribution in [2.45, 2.75) is 10.8 Å². The summed E-state index contributed by atoms with van der Waals surface area (Å²) in [6.45, 7) is 0. The third kappa shape index (κ3) is 3.90. The molecule has 0 aliphatic heterocycles. The van der Waals surface area contributed by atoms with Crippen molar-refractivity contribution < 1.29 is 9.90 Å². The first-order valence-electron chi connectivity index (χ1n) is 8.15. The number of phenolic OH excluding ortho intramolecular Hbond substituents is 1.